The Hall–Kier alpha value is -1.01. The summed E-state index contributed by atoms with van der Waals surface area (Å²) in [5.41, 5.74) is 0. The SMILES string of the molecule is CCNCc1nnnn1C(C)C1CCCO1. The highest BCUT2D eigenvalue weighted by atomic mass is 16.5. The van der Waals surface area contributed by atoms with Crippen molar-refractivity contribution in [1.29, 1.82) is 0 Å². The van der Waals surface area contributed by atoms with E-state index in [0.29, 0.717) is 6.54 Å². The zero-order valence-electron chi connectivity index (χ0n) is 9.89. The minimum atomic E-state index is 0.214. The van der Waals surface area contributed by atoms with E-state index in [1.165, 1.54) is 0 Å². The Labute approximate surface area is 95.4 Å². The molecule has 90 valence electrons. The van der Waals surface area contributed by atoms with Gasteiger partial charge in [-0.2, -0.15) is 0 Å². The Morgan fingerprint density at radius 1 is 1.62 bits per heavy atom. The van der Waals surface area contributed by atoms with Crippen LogP contribution in [0.2, 0.25) is 0 Å². The summed E-state index contributed by atoms with van der Waals surface area (Å²) in [6.07, 6.45) is 2.49. The fraction of sp³-hybridized carbons (Fsp3) is 0.900. The second-order valence-electron chi connectivity index (χ2n) is 4.11. The first-order chi connectivity index (χ1) is 7.83. The minimum Gasteiger partial charge on any atom is -0.376 e. The Kier molecular flexibility index (Phi) is 3.84. The highest BCUT2D eigenvalue weighted by Crippen LogP contribution is 2.23. The van der Waals surface area contributed by atoms with Crippen molar-refractivity contribution < 1.29 is 4.74 Å². The van der Waals surface area contributed by atoms with Crippen LogP contribution in [0.15, 0.2) is 0 Å². The zero-order valence-corrected chi connectivity index (χ0v) is 9.89. The molecule has 2 heterocycles. The Morgan fingerprint density at radius 3 is 3.19 bits per heavy atom. The largest absolute Gasteiger partial charge is 0.376 e. The molecule has 0 radical (unpaired) electrons. The van der Waals surface area contributed by atoms with Crippen LogP contribution in [0, 0.1) is 0 Å². The van der Waals surface area contributed by atoms with Crippen molar-refractivity contribution in [3.05, 3.63) is 5.82 Å². The summed E-state index contributed by atoms with van der Waals surface area (Å²) in [7, 11) is 0. The van der Waals surface area contributed by atoms with Gasteiger partial charge in [0.25, 0.3) is 0 Å². The van der Waals surface area contributed by atoms with Gasteiger partial charge in [-0.3, -0.25) is 0 Å². The fourth-order valence-electron chi connectivity index (χ4n) is 2.02. The normalized spacial score (nSPS) is 22.5. The number of nitrogens with one attached hydrogen (secondary N) is 1. The Balaban J connectivity index is 2.03. The summed E-state index contributed by atoms with van der Waals surface area (Å²) in [6, 6.07) is 0.214. The van der Waals surface area contributed by atoms with Gasteiger partial charge in [0.05, 0.1) is 18.7 Å². The standard InChI is InChI=1S/C10H19N5O/c1-3-11-7-10-12-13-14-15(10)8(2)9-5-4-6-16-9/h8-9,11H,3-7H2,1-2H3. The average molecular weight is 225 g/mol. The van der Waals surface area contributed by atoms with E-state index < -0.39 is 0 Å². The quantitative estimate of drug-likeness (QED) is 0.791. The molecule has 0 bridgehead atoms. The van der Waals surface area contributed by atoms with Gasteiger partial charge < -0.3 is 10.1 Å². The number of rotatable bonds is 5. The van der Waals surface area contributed by atoms with Crippen LogP contribution in [0.25, 0.3) is 0 Å². The molecule has 0 spiro atoms. The molecule has 1 aromatic heterocycles. The molecule has 0 aliphatic carbocycles. The van der Waals surface area contributed by atoms with Crippen LogP contribution in [0.1, 0.15) is 38.6 Å². The number of hydrogen-bond donors (Lipinski definition) is 1. The molecule has 0 saturated carbocycles. The molecule has 2 unspecified atom stereocenters. The van der Waals surface area contributed by atoms with Crippen molar-refractivity contribution in [1.82, 2.24) is 25.5 Å². The smallest absolute Gasteiger partial charge is 0.165 e. The lowest BCUT2D eigenvalue weighted by atomic mass is 10.1. The average Bonchev–Trinajstić information content (AvgIpc) is 2.96. The van der Waals surface area contributed by atoms with Gasteiger partial charge in [0.2, 0.25) is 0 Å². The van der Waals surface area contributed by atoms with Crippen molar-refractivity contribution in [3.63, 3.8) is 0 Å². The van der Waals surface area contributed by atoms with Gasteiger partial charge in [-0.05, 0) is 36.7 Å². The molecule has 6 nitrogen and oxygen atoms in total. The maximum atomic E-state index is 5.66. The Bertz CT molecular complexity index is 321. The number of hydrogen-bond acceptors (Lipinski definition) is 5. The van der Waals surface area contributed by atoms with Crippen molar-refractivity contribution in [2.45, 2.75) is 45.4 Å². The second-order valence-corrected chi connectivity index (χ2v) is 4.11. The molecule has 1 aliphatic heterocycles. The van der Waals surface area contributed by atoms with E-state index in [2.05, 4.69) is 34.7 Å². The molecule has 1 aliphatic rings. The number of aromatic nitrogens is 4. The molecule has 2 rings (SSSR count). The number of tetrazole rings is 1. The van der Waals surface area contributed by atoms with Gasteiger partial charge in [-0.15, -0.1) is 5.10 Å². The first kappa shape index (κ1) is 11.5. The van der Waals surface area contributed by atoms with Crippen molar-refractivity contribution in [2.24, 2.45) is 0 Å². The van der Waals surface area contributed by atoms with E-state index in [0.717, 1.165) is 31.8 Å². The van der Waals surface area contributed by atoms with Crippen molar-refractivity contribution in [2.75, 3.05) is 13.2 Å². The summed E-state index contributed by atoms with van der Waals surface area (Å²) in [6.45, 7) is 6.67. The summed E-state index contributed by atoms with van der Waals surface area (Å²) < 4.78 is 7.53. The topological polar surface area (TPSA) is 64.9 Å². The van der Waals surface area contributed by atoms with Crippen LogP contribution in [0.4, 0.5) is 0 Å². The van der Waals surface area contributed by atoms with Gasteiger partial charge in [-0.1, -0.05) is 6.92 Å². The van der Waals surface area contributed by atoms with E-state index in [9.17, 15) is 0 Å². The van der Waals surface area contributed by atoms with Gasteiger partial charge in [-0.25, -0.2) is 4.68 Å². The van der Waals surface area contributed by atoms with Gasteiger partial charge >= 0.3 is 0 Å². The maximum Gasteiger partial charge on any atom is 0.165 e. The maximum absolute atomic E-state index is 5.66. The monoisotopic (exact) mass is 225 g/mol. The molecular weight excluding hydrogens is 206 g/mol. The third-order valence-electron chi connectivity index (χ3n) is 2.98. The number of nitrogens with zero attached hydrogens (tertiary/aromatic N) is 4. The first-order valence-corrected chi connectivity index (χ1v) is 5.92. The molecule has 1 aromatic rings. The minimum absolute atomic E-state index is 0.214. The molecular formula is C10H19N5O. The van der Waals surface area contributed by atoms with Crippen LogP contribution >= 0.6 is 0 Å². The number of ether oxygens (including phenoxy) is 1. The van der Waals surface area contributed by atoms with Crippen molar-refractivity contribution in [3.8, 4) is 0 Å². The molecule has 0 amide bonds. The Morgan fingerprint density at radius 2 is 2.50 bits per heavy atom. The van der Waals surface area contributed by atoms with Gasteiger partial charge in [0, 0.05) is 6.61 Å². The second kappa shape index (κ2) is 5.36. The molecule has 1 saturated heterocycles. The molecule has 2 atom stereocenters. The van der Waals surface area contributed by atoms with Crippen LogP contribution < -0.4 is 5.32 Å². The van der Waals surface area contributed by atoms with Crippen LogP contribution in [-0.2, 0) is 11.3 Å². The lowest BCUT2D eigenvalue weighted by molar-refractivity contribution is 0.0673. The molecule has 1 fully saturated rings. The predicted molar refractivity (Wildman–Crippen MR) is 58.9 cm³/mol. The third-order valence-corrected chi connectivity index (χ3v) is 2.98. The van der Waals surface area contributed by atoms with E-state index in [1.807, 2.05) is 4.68 Å². The predicted octanol–water partition coefficient (Wildman–Crippen LogP) is 0.523. The zero-order chi connectivity index (χ0) is 11.4. The summed E-state index contributed by atoms with van der Waals surface area (Å²) >= 11 is 0. The van der Waals surface area contributed by atoms with E-state index >= 15 is 0 Å². The molecule has 16 heavy (non-hydrogen) atoms. The van der Waals surface area contributed by atoms with Crippen LogP contribution in [0.5, 0.6) is 0 Å². The third kappa shape index (κ3) is 2.38. The molecule has 6 heteroatoms. The lowest BCUT2D eigenvalue weighted by Crippen LogP contribution is -2.26. The van der Waals surface area contributed by atoms with Gasteiger partial charge in [0.1, 0.15) is 0 Å². The van der Waals surface area contributed by atoms with E-state index in [-0.39, 0.29) is 12.1 Å². The molecule has 1 N–H and O–H groups in total. The highest BCUT2D eigenvalue weighted by molar-refractivity contribution is 4.86. The lowest BCUT2D eigenvalue weighted by Gasteiger charge is -2.19. The molecule has 0 aromatic carbocycles. The first-order valence-electron chi connectivity index (χ1n) is 5.92. The highest BCUT2D eigenvalue weighted by Gasteiger charge is 2.26. The fourth-order valence-corrected chi connectivity index (χ4v) is 2.02. The summed E-state index contributed by atoms with van der Waals surface area (Å²) in [4.78, 5) is 0. The van der Waals surface area contributed by atoms with Crippen LogP contribution in [0.3, 0.4) is 0 Å². The van der Waals surface area contributed by atoms with Crippen LogP contribution in [-0.4, -0.2) is 39.5 Å². The van der Waals surface area contributed by atoms with E-state index in [1.54, 1.807) is 0 Å². The summed E-state index contributed by atoms with van der Waals surface area (Å²) in [5.74, 6) is 0.879. The van der Waals surface area contributed by atoms with Crippen molar-refractivity contribution >= 4 is 0 Å². The van der Waals surface area contributed by atoms with Gasteiger partial charge in [0.15, 0.2) is 5.82 Å². The summed E-state index contributed by atoms with van der Waals surface area (Å²) in [5, 5.41) is 15.0. The van der Waals surface area contributed by atoms with E-state index in [4.69, 9.17) is 4.74 Å².